The molecule has 0 aliphatic heterocycles. The second-order valence-electron chi connectivity index (χ2n) is 3.53. The van der Waals surface area contributed by atoms with Crippen LogP contribution in [0.2, 0.25) is 0 Å². The van der Waals surface area contributed by atoms with Crippen LogP contribution >= 0.6 is 0 Å². The number of methoxy groups -OCH3 is 2. The molecule has 17 heavy (non-hydrogen) atoms. The number of anilines is 1. The van der Waals surface area contributed by atoms with Crippen molar-refractivity contribution in [2.24, 2.45) is 0 Å². The third kappa shape index (κ3) is 1.56. The van der Waals surface area contributed by atoms with Crippen molar-refractivity contribution in [2.45, 2.75) is 0 Å². The van der Waals surface area contributed by atoms with Gasteiger partial charge in [-0.15, -0.1) is 0 Å². The molecule has 1 aromatic carbocycles. The summed E-state index contributed by atoms with van der Waals surface area (Å²) in [4.78, 5) is 24.1. The van der Waals surface area contributed by atoms with Gasteiger partial charge in [0.2, 0.25) is 23.1 Å². The Morgan fingerprint density at radius 1 is 0.941 bits per heavy atom. The number of nitrogen functional groups attached to an aromatic ring is 1. The number of benzene rings is 1. The Hall–Kier alpha value is -2.30. The first-order valence-corrected chi connectivity index (χ1v) is 4.91. The lowest BCUT2D eigenvalue weighted by atomic mass is 9.92. The van der Waals surface area contributed by atoms with Gasteiger partial charge in [0.25, 0.3) is 0 Å². The van der Waals surface area contributed by atoms with E-state index in [2.05, 4.69) is 0 Å². The minimum atomic E-state index is -0.397. The molecule has 0 saturated heterocycles. The zero-order valence-electron chi connectivity index (χ0n) is 9.44. The molecule has 5 heteroatoms. The van der Waals surface area contributed by atoms with Gasteiger partial charge in [-0.05, 0) is 18.2 Å². The van der Waals surface area contributed by atoms with Gasteiger partial charge in [0.15, 0.2) is 0 Å². The van der Waals surface area contributed by atoms with Crippen LogP contribution in [0, 0.1) is 0 Å². The van der Waals surface area contributed by atoms with Gasteiger partial charge in [0.05, 0.1) is 14.2 Å². The summed E-state index contributed by atoms with van der Waals surface area (Å²) in [5.41, 5.74) is 6.53. The molecule has 0 radical (unpaired) electrons. The summed E-state index contributed by atoms with van der Waals surface area (Å²) in [7, 11) is 2.64. The number of nitrogens with two attached hydrogens (primary N) is 1. The Bertz CT molecular complexity index is 545. The highest BCUT2D eigenvalue weighted by molar-refractivity contribution is 6.25. The van der Waals surface area contributed by atoms with Crippen molar-refractivity contribution in [3.05, 3.63) is 40.8 Å². The van der Waals surface area contributed by atoms with Gasteiger partial charge < -0.3 is 15.2 Å². The van der Waals surface area contributed by atoms with E-state index in [1.807, 2.05) is 0 Å². The maximum Gasteiger partial charge on any atom is 0.232 e. The van der Waals surface area contributed by atoms with E-state index in [1.54, 1.807) is 6.07 Å². The standard InChI is InChI=1S/C12H11NO4/c1-16-11-9(14)7-4-3-6(13)5-8(7)10(15)12(11)17-2/h3-5H,13H2,1-2H3. The third-order valence-electron chi connectivity index (χ3n) is 2.56. The Morgan fingerprint density at radius 2 is 1.47 bits per heavy atom. The Morgan fingerprint density at radius 3 is 2.00 bits per heavy atom. The Labute approximate surface area is 97.8 Å². The van der Waals surface area contributed by atoms with Gasteiger partial charge >= 0.3 is 0 Å². The van der Waals surface area contributed by atoms with Crippen LogP contribution in [-0.2, 0) is 9.47 Å². The van der Waals surface area contributed by atoms with Crippen LogP contribution in [0.5, 0.6) is 0 Å². The zero-order chi connectivity index (χ0) is 12.6. The number of ether oxygens (including phenoxy) is 2. The van der Waals surface area contributed by atoms with Crippen molar-refractivity contribution in [3.8, 4) is 0 Å². The second kappa shape index (κ2) is 3.93. The summed E-state index contributed by atoms with van der Waals surface area (Å²) in [5.74, 6) is -0.935. The lowest BCUT2D eigenvalue weighted by molar-refractivity contribution is 0.0829. The van der Waals surface area contributed by atoms with Gasteiger partial charge in [-0.25, -0.2) is 0 Å². The fourth-order valence-electron chi connectivity index (χ4n) is 1.77. The van der Waals surface area contributed by atoms with Crippen molar-refractivity contribution in [3.63, 3.8) is 0 Å². The largest absolute Gasteiger partial charge is 0.489 e. The summed E-state index contributed by atoms with van der Waals surface area (Å²) < 4.78 is 9.83. The van der Waals surface area contributed by atoms with E-state index in [9.17, 15) is 9.59 Å². The van der Waals surface area contributed by atoms with Gasteiger partial charge in [-0.2, -0.15) is 0 Å². The number of Topliss-reactive ketones (excluding diaryl/α,β-unsaturated/α-hetero) is 2. The lowest BCUT2D eigenvalue weighted by Crippen LogP contribution is -2.24. The monoisotopic (exact) mass is 233 g/mol. The predicted octanol–water partition coefficient (Wildman–Crippen LogP) is 1.15. The summed E-state index contributed by atoms with van der Waals surface area (Å²) in [6, 6.07) is 4.53. The molecule has 88 valence electrons. The number of allylic oxidation sites excluding steroid dienone is 2. The van der Waals surface area contributed by atoms with E-state index < -0.39 is 5.78 Å². The molecule has 2 rings (SSSR count). The van der Waals surface area contributed by atoms with Crippen LogP contribution < -0.4 is 5.73 Å². The average Bonchev–Trinajstić information content (AvgIpc) is 2.33. The SMILES string of the molecule is COC1=C(OC)C(=O)c2cc(N)ccc2C1=O. The highest BCUT2D eigenvalue weighted by Crippen LogP contribution is 2.28. The molecule has 5 nitrogen and oxygen atoms in total. The molecule has 0 atom stereocenters. The van der Waals surface area contributed by atoms with E-state index in [0.29, 0.717) is 5.69 Å². The van der Waals surface area contributed by atoms with Crippen LogP contribution in [0.15, 0.2) is 29.7 Å². The van der Waals surface area contributed by atoms with Crippen molar-refractivity contribution >= 4 is 17.3 Å². The van der Waals surface area contributed by atoms with Crippen molar-refractivity contribution < 1.29 is 19.1 Å². The number of ketones is 2. The van der Waals surface area contributed by atoms with Crippen LogP contribution in [0.25, 0.3) is 0 Å². The number of hydrogen-bond donors (Lipinski definition) is 1. The second-order valence-corrected chi connectivity index (χ2v) is 3.53. The van der Waals surface area contributed by atoms with Gasteiger partial charge in [-0.1, -0.05) is 0 Å². The lowest BCUT2D eigenvalue weighted by Gasteiger charge is -2.18. The van der Waals surface area contributed by atoms with E-state index >= 15 is 0 Å². The number of rotatable bonds is 2. The summed E-state index contributed by atoms with van der Waals surface area (Å²) in [5, 5.41) is 0. The normalized spacial score (nSPS) is 14.7. The number of carbonyl (C=O) groups excluding carboxylic acids is 2. The number of carbonyl (C=O) groups is 2. The maximum absolute atomic E-state index is 12.0. The first kappa shape index (κ1) is 11.2. The van der Waals surface area contributed by atoms with Gasteiger partial charge in [0.1, 0.15) is 0 Å². The molecule has 0 aromatic heterocycles. The number of fused-ring (bicyclic) bond motifs is 1. The van der Waals surface area contributed by atoms with Crippen molar-refractivity contribution in [1.29, 1.82) is 0 Å². The van der Waals surface area contributed by atoms with Crippen LogP contribution in [0.4, 0.5) is 5.69 Å². The molecule has 0 spiro atoms. The zero-order valence-corrected chi connectivity index (χ0v) is 9.44. The number of hydrogen-bond acceptors (Lipinski definition) is 5. The third-order valence-corrected chi connectivity index (χ3v) is 2.56. The quantitative estimate of drug-likeness (QED) is 0.775. The summed E-state index contributed by atoms with van der Waals surface area (Å²) in [6.45, 7) is 0. The molecule has 0 unspecified atom stereocenters. The maximum atomic E-state index is 12.0. The topological polar surface area (TPSA) is 78.6 Å². The summed E-state index contributed by atoms with van der Waals surface area (Å²) in [6.07, 6.45) is 0. The molecule has 0 bridgehead atoms. The molecule has 1 aliphatic carbocycles. The molecule has 2 N–H and O–H groups in total. The van der Waals surface area contributed by atoms with E-state index in [4.69, 9.17) is 15.2 Å². The molecule has 1 aromatic rings. The summed E-state index contributed by atoms with van der Waals surface area (Å²) >= 11 is 0. The molecule has 0 heterocycles. The first-order chi connectivity index (χ1) is 8.10. The highest BCUT2D eigenvalue weighted by Gasteiger charge is 2.34. The first-order valence-electron chi connectivity index (χ1n) is 4.91. The van der Waals surface area contributed by atoms with Crippen molar-refractivity contribution in [2.75, 3.05) is 20.0 Å². The molecular formula is C12H11NO4. The van der Waals surface area contributed by atoms with E-state index in [1.165, 1.54) is 26.4 Å². The molecule has 0 amide bonds. The molecular weight excluding hydrogens is 222 g/mol. The smallest absolute Gasteiger partial charge is 0.232 e. The molecule has 0 saturated carbocycles. The van der Waals surface area contributed by atoms with Crippen LogP contribution in [0.3, 0.4) is 0 Å². The van der Waals surface area contributed by atoms with Crippen LogP contribution in [-0.4, -0.2) is 25.8 Å². The molecule has 1 aliphatic rings. The Balaban J connectivity index is 2.68. The average molecular weight is 233 g/mol. The van der Waals surface area contributed by atoms with Crippen LogP contribution in [0.1, 0.15) is 20.7 Å². The van der Waals surface area contributed by atoms with E-state index in [-0.39, 0.29) is 28.4 Å². The fourth-order valence-corrected chi connectivity index (χ4v) is 1.77. The minimum absolute atomic E-state index is 0.0743. The van der Waals surface area contributed by atoms with Gasteiger partial charge in [-0.3, -0.25) is 9.59 Å². The fraction of sp³-hybridized carbons (Fsp3) is 0.167. The van der Waals surface area contributed by atoms with E-state index in [0.717, 1.165) is 0 Å². The van der Waals surface area contributed by atoms with Crippen molar-refractivity contribution in [1.82, 2.24) is 0 Å². The predicted molar refractivity (Wildman–Crippen MR) is 60.6 cm³/mol. The molecule has 0 fully saturated rings. The Kier molecular flexibility index (Phi) is 2.59. The highest BCUT2D eigenvalue weighted by atomic mass is 16.5. The van der Waals surface area contributed by atoms with Gasteiger partial charge in [0, 0.05) is 16.8 Å². The minimum Gasteiger partial charge on any atom is -0.489 e.